The van der Waals surface area contributed by atoms with Crippen molar-refractivity contribution in [3.8, 4) is 0 Å². The van der Waals surface area contributed by atoms with Gasteiger partial charge in [0.25, 0.3) is 0 Å². The van der Waals surface area contributed by atoms with Gasteiger partial charge in [0, 0.05) is 13.1 Å². The lowest BCUT2D eigenvalue weighted by molar-refractivity contribution is -0.131. The van der Waals surface area contributed by atoms with Crippen LogP contribution in [0, 0.1) is 5.92 Å². The molecule has 1 saturated heterocycles. The molecule has 1 unspecified atom stereocenters. The molecule has 3 nitrogen and oxygen atoms in total. The summed E-state index contributed by atoms with van der Waals surface area (Å²) in [5, 5.41) is 0. The molecule has 14 heavy (non-hydrogen) atoms. The lowest BCUT2D eigenvalue weighted by Gasteiger charge is -2.20. The van der Waals surface area contributed by atoms with Crippen LogP contribution in [0.4, 0.5) is 0 Å². The third-order valence-electron chi connectivity index (χ3n) is 2.79. The minimum atomic E-state index is -0.268. The molecule has 0 aromatic carbocycles. The molecular weight excluding hydrogens is 176 g/mol. The van der Waals surface area contributed by atoms with Gasteiger partial charge in [0.1, 0.15) is 0 Å². The van der Waals surface area contributed by atoms with E-state index in [9.17, 15) is 4.79 Å². The average molecular weight is 198 g/mol. The molecule has 2 N–H and O–H groups in total. The molecule has 82 valence electrons. The standard InChI is InChI=1S/C11H22N2O/c1-9(2)5-6-10(12)11(14)13-7-3-4-8-13/h9-10H,3-8,12H2,1-2H3. The predicted molar refractivity (Wildman–Crippen MR) is 57.9 cm³/mol. The fourth-order valence-electron chi connectivity index (χ4n) is 1.81. The van der Waals surface area contributed by atoms with Crippen LogP contribution in [-0.2, 0) is 4.79 Å². The molecular formula is C11H22N2O. The Morgan fingerprint density at radius 2 is 1.86 bits per heavy atom. The van der Waals surface area contributed by atoms with Crippen molar-refractivity contribution in [2.45, 2.75) is 45.6 Å². The molecule has 0 aromatic rings. The van der Waals surface area contributed by atoms with E-state index in [0.29, 0.717) is 5.92 Å². The molecule has 3 heteroatoms. The molecule has 1 atom stereocenters. The number of nitrogens with two attached hydrogens (primary N) is 1. The lowest BCUT2D eigenvalue weighted by atomic mass is 10.0. The third-order valence-corrected chi connectivity index (χ3v) is 2.79. The first-order valence-electron chi connectivity index (χ1n) is 5.65. The number of rotatable bonds is 4. The van der Waals surface area contributed by atoms with Gasteiger partial charge in [-0.15, -0.1) is 0 Å². The van der Waals surface area contributed by atoms with E-state index in [-0.39, 0.29) is 11.9 Å². The number of hydrogen-bond acceptors (Lipinski definition) is 2. The summed E-state index contributed by atoms with van der Waals surface area (Å²) >= 11 is 0. The van der Waals surface area contributed by atoms with Crippen molar-refractivity contribution in [3.05, 3.63) is 0 Å². The number of carbonyl (C=O) groups is 1. The third kappa shape index (κ3) is 3.29. The zero-order valence-corrected chi connectivity index (χ0v) is 9.33. The van der Waals surface area contributed by atoms with Crippen molar-refractivity contribution in [3.63, 3.8) is 0 Å². The van der Waals surface area contributed by atoms with Crippen molar-refractivity contribution in [1.82, 2.24) is 4.90 Å². The second kappa shape index (κ2) is 5.35. The van der Waals surface area contributed by atoms with Crippen molar-refractivity contribution in [1.29, 1.82) is 0 Å². The molecule has 0 aliphatic carbocycles. The summed E-state index contributed by atoms with van der Waals surface area (Å²) in [4.78, 5) is 13.7. The van der Waals surface area contributed by atoms with Gasteiger partial charge in [0.15, 0.2) is 0 Å². The highest BCUT2D eigenvalue weighted by molar-refractivity contribution is 5.81. The summed E-state index contributed by atoms with van der Waals surface area (Å²) in [5.74, 6) is 0.788. The van der Waals surface area contributed by atoms with E-state index in [2.05, 4.69) is 13.8 Å². The molecule has 1 aliphatic rings. The van der Waals surface area contributed by atoms with Gasteiger partial charge in [-0.2, -0.15) is 0 Å². The largest absolute Gasteiger partial charge is 0.341 e. The van der Waals surface area contributed by atoms with Crippen LogP contribution in [0.3, 0.4) is 0 Å². The summed E-state index contributed by atoms with van der Waals surface area (Å²) in [6.07, 6.45) is 4.15. The van der Waals surface area contributed by atoms with E-state index in [0.717, 1.165) is 38.8 Å². The second-order valence-corrected chi connectivity index (χ2v) is 4.61. The normalized spacial score (nSPS) is 19.0. The van der Waals surface area contributed by atoms with Crippen LogP contribution >= 0.6 is 0 Å². The quantitative estimate of drug-likeness (QED) is 0.741. The van der Waals surface area contributed by atoms with Gasteiger partial charge < -0.3 is 10.6 Å². The highest BCUT2D eigenvalue weighted by Crippen LogP contribution is 2.12. The monoisotopic (exact) mass is 198 g/mol. The van der Waals surface area contributed by atoms with E-state index < -0.39 is 0 Å². The first kappa shape index (κ1) is 11.5. The van der Waals surface area contributed by atoms with Gasteiger partial charge in [-0.05, 0) is 31.6 Å². The average Bonchev–Trinajstić information content (AvgIpc) is 2.65. The van der Waals surface area contributed by atoms with Crippen molar-refractivity contribution in [2.75, 3.05) is 13.1 Å². The molecule has 0 radical (unpaired) electrons. The van der Waals surface area contributed by atoms with E-state index in [4.69, 9.17) is 5.73 Å². The van der Waals surface area contributed by atoms with Gasteiger partial charge >= 0.3 is 0 Å². The molecule has 1 rings (SSSR count). The number of hydrogen-bond donors (Lipinski definition) is 1. The Hall–Kier alpha value is -0.570. The van der Waals surface area contributed by atoms with Crippen LogP contribution in [0.1, 0.15) is 39.5 Å². The van der Waals surface area contributed by atoms with E-state index in [1.165, 1.54) is 0 Å². The summed E-state index contributed by atoms with van der Waals surface area (Å²) in [7, 11) is 0. The first-order valence-corrected chi connectivity index (χ1v) is 5.65. The Morgan fingerprint density at radius 3 is 2.36 bits per heavy atom. The highest BCUT2D eigenvalue weighted by atomic mass is 16.2. The van der Waals surface area contributed by atoms with Crippen LogP contribution in [0.5, 0.6) is 0 Å². The summed E-state index contributed by atoms with van der Waals surface area (Å²) in [6.45, 7) is 6.14. The van der Waals surface area contributed by atoms with Crippen LogP contribution in [-0.4, -0.2) is 29.9 Å². The Morgan fingerprint density at radius 1 is 1.29 bits per heavy atom. The second-order valence-electron chi connectivity index (χ2n) is 4.61. The molecule has 1 amide bonds. The number of nitrogens with zero attached hydrogens (tertiary/aromatic N) is 1. The van der Waals surface area contributed by atoms with Crippen molar-refractivity contribution >= 4 is 5.91 Å². The van der Waals surface area contributed by atoms with Gasteiger partial charge in [-0.3, -0.25) is 4.79 Å². The SMILES string of the molecule is CC(C)CCC(N)C(=O)N1CCCC1. The summed E-state index contributed by atoms with van der Waals surface area (Å²) < 4.78 is 0. The smallest absolute Gasteiger partial charge is 0.239 e. The van der Waals surface area contributed by atoms with Gasteiger partial charge in [-0.1, -0.05) is 13.8 Å². The fourth-order valence-corrected chi connectivity index (χ4v) is 1.81. The van der Waals surface area contributed by atoms with Crippen molar-refractivity contribution < 1.29 is 4.79 Å². The van der Waals surface area contributed by atoms with Crippen LogP contribution in [0.2, 0.25) is 0 Å². The number of carbonyl (C=O) groups excluding carboxylic acids is 1. The van der Waals surface area contributed by atoms with E-state index in [1.807, 2.05) is 4.90 Å². The van der Waals surface area contributed by atoms with E-state index in [1.54, 1.807) is 0 Å². The topological polar surface area (TPSA) is 46.3 Å². The zero-order chi connectivity index (χ0) is 10.6. The van der Waals surface area contributed by atoms with Crippen molar-refractivity contribution in [2.24, 2.45) is 11.7 Å². The Kier molecular flexibility index (Phi) is 4.39. The Labute approximate surface area is 86.6 Å². The maximum Gasteiger partial charge on any atom is 0.239 e. The van der Waals surface area contributed by atoms with Gasteiger partial charge in [0.05, 0.1) is 6.04 Å². The molecule has 1 heterocycles. The molecule has 0 saturated carbocycles. The predicted octanol–water partition coefficient (Wildman–Crippen LogP) is 1.37. The highest BCUT2D eigenvalue weighted by Gasteiger charge is 2.23. The molecule has 0 bridgehead atoms. The van der Waals surface area contributed by atoms with Crippen LogP contribution in [0.15, 0.2) is 0 Å². The molecule has 1 aliphatic heterocycles. The Bertz CT molecular complexity index is 186. The number of amides is 1. The van der Waals surface area contributed by atoms with Gasteiger partial charge in [0.2, 0.25) is 5.91 Å². The van der Waals surface area contributed by atoms with E-state index >= 15 is 0 Å². The Balaban J connectivity index is 2.28. The summed E-state index contributed by atoms with van der Waals surface area (Å²) in [6, 6.07) is -0.268. The lowest BCUT2D eigenvalue weighted by Crippen LogP contribution is -2.42. The fraction of sp³-hybridized carbons (Fsp3) is 0.909. The summed E-state index contributed by atoms with van der Waals surface area (Å²) in [5.41, 5.74) is 5.85. The minimum Gasteiger partial charge on any atom is -0.341 e. The molecule has 0 aromatic heterocycles. The van der Waals surface area contributed by atoms with Crippen LogP contribution < -0.4 is 5.73 Å². The van der Waals surface area contributed by atoms with Crippen LogP contribution in [0.25, 0.3) is 0 Å². The molecule has 1 fully saturated rings. The first-order chi connectivity index (χ1) is 6.61. The maximum atomic E-state index is 11.8. The molecule has 0 spiro atoms. The minimum absolute atomic E-state index is 0.156. The zero-order valence-electron chi connectivity index (χ0n) is 9.33. The number of likely N-dealkylation sites (tertiary alicyclic amines) is 1. The maximum absolute atomic E-state index is 11.8. The van der Waals surface area contributed by atoms with Gasteiger partial charge in [-0.25, -0.2) is 0 Å².